The summed E-state index contributed by atoms with van der Waals surface area (Å²) in [6.45, 7) is 4.95. The molecule has 8 nitrogen and oxygen atoms in total. The molecule has 2 aliphatic heterocycles. The molecule has 0 spiro atoms. The van der Waals surface area contributed by atoms with Gasteiger partial charge in [-0.05, 0) is 49.4 Å². The van der Waals surface area contributed by atoms with Crippen LogP contribution in [0.15, 0.2) is 18.2 Å². The topological polar surface area (TPSA) is 96.0 Å². The number of rotatable bonds is 7. The molecule has 2 aliphatic rings. The summed E-state index contributed by atoms with van der Waals surface area (Å²) in [4.78, 5) is 50.3. The molecular formula is C22H29N3O5. The van der Waals surface area contributed by atoms with E-state index < -0.39 is 6.09 Å². The van der Waals surface area contributed by atoms with Crippen LogP contribution in [-0.4, -0.2) is 60.9 Å². The smallest absolute Gasteiger partial charge is 0.414 e. The van der Waals surface area contributed by atoms with Gasteiger partial charge in [0.2, 0.25) is 11.8 Å². The van der Waals surface area contributed by atoms with Crippen LogP contribution in [0.2, 0.25) is 0 Å². The van der Waals surface area contributed by atoms with Gasteiger partial charge in [-0.15, -0.1) is 0 Å². The third-order valence-electron chi connectivity index (χ3n) is 5.53. The Morgan fingerprint density at radius 3 is 2.53 bits per heavy atom. The number of carbonyl (C=O) groups is 4. The first-order valence-corrected chi connectivity index (χ1v) is 10.4. The fraction of sp³-hybridized carbons (Fsp3) is 0.545. The van der Waals surface area contributed by atoms with Crippen LogP contribution >= 0.6 is 0 Å². The van der Waals surface area contributed by atoms with Crippen molar-refractivity contribution in [2.75, 3.05) is 31.1 Å². The van der Waals surface area contributed by atoms with Crippen LogP contribution in [0.3, 0.4) is 0 Å². The van der Waals surface area contributed by atoms with Crippen molar-refractivity contribution in [3.8, 4) is 0 Å². The fourth-order valence-electron chi connectivity index (χ4n) is 3.87. The number of ether oxygens (including phenoxy) is 1. The van der Waals surface area contributed by atoms with Crippen molar-refractivity contribution in [1.29, 1.82) is 0 Å². The first kappa shape index (κ1) is 21.8. The summed E-state index contributed by atoms with van der Waals surface area (Å²) in [7, 11) is 0. The first-order valence-electron chi connectivity index (χ1n) is 10.4. The zero-order valence-electron chi connectivity index (χ0n) is 17.6. The molecule has 1 N–H and O–H groups in total. The maximum absolute atomic E-state index is 12.5. The SMILES string of the molecule is CC(=O)CCCC(=O)N1CCc2ccc(N3C[C@H](CNC(C)=O)OC3=O)cc2CC1. The Kier molecular flexibility index (Phi) is 7.07. The standard InChI is InChI=1S/C22H29N3O5/c1-15(26)4-3-5-21(28)24-10-8-17-6-7-19(12-18(17)9-11-24)25-14-20(30-22(25)29)13-23-16(2)27/h6-7,12,20H,3-5,8-11,13-14H2,1-2H3,(H,23,27)/t20-/m0/s1. The summed E-state index contributed by atoms with van der Waals surface area (Å²) >= 11 is 0. The van der Waals surface area contributed by atoms with Gasteiger partial charge in [0.15, 0.2) is 0 Å². The number of fused-ring (bicyclic) bond motifs is 1. The second-order valence-electron chi connectivity index (χ2n) is 7.94. The van der Waals surface area contributed by atoms with E-state index in [1.807, 2.05) is 23.1 Å². The second kappa shape index (κ2) is 9.73. The minimum absolute atomic E-state index is 0.0909. The number of hydrogen-bond donors (Lipinski definition) is 1. The van der Waals surface area contributed by atoms with Gasteiger partial charge in [0.05, 0.1) is 13.1 Å². The molecule has 3 rings (SSSR count). The van der Waals surface area contributed by atoms with Crippen LogP contribution in [-0.2, 0) is 32.0 Å². The highest BCUT2D eigenvalue weighted by Gasteiger charge is 2.32. The summed E-state index contributed by atoms with van der Waals surface area (Å²) in [6.07, 6.45) is 2.14. The predicted octanol–water partition coefficient (Wildman–Crippen LogP) is 1.83. The third kappa shape index (κ3) is 5.58. The van der Waals surface area contributed by atoms with Gasteiger partial charge in [-0.1, -0.05) is 6.07 Å². The molecule has 3 amide bonds. The Hall–Kier alpha value is -2.90. The third-order valence-corrected chi connectivity index (χ3v) is 5.53. The van der Waals surface area contributed by atoms with E-state index in [4.69, 9.17) is 4.74 Å². The number of amides is 3. The van der Waals surface area contributed by atoms with Crippen LogP contribution in [0.1, 0.15) is 44.2 Å². The van der Waals surface area contributed by atoms with Crippen molar-refractivity contribution >= 4 is 29.4 Å². The summed E-state index contributed by atoms with van der Waals surface area (Å²) in [6, 6.07) is 5.93. The van der Waals surface area contributed by atoms with E-state index in [9.17, 15) is 19.2 Å². The average Bonchev–Trinajstić information content (AvgIpc) is 2.93. The number of nitrogens with zero attached hydrogens (tertiary/aromatic N) is 2. The lowest BCUT2D eigenvalue weighted by Gasteiger charge is -2.20. The van der Waals surface area contributed by atoms with Gasteiger partial charge >= 0.3 is 6.09 Å². The highest BCUT2D eigenvalue weighted by molar-refractivity contribution is 5.90. The zero-order chi connectivity index (χ0) is 21.7. The van der Waals surface area contributed by atoms with Crippen molar-refractivity contribution in [2.24, 2.45) is 0 Å². The summed E-state index contributed by atoms with van der Waals surface area (Å²) < 4.78 is 5.35. The number of ketones is 1. The Bertz CT molecular complexity index is 838. The number of benzene rings is 1. The van der Waals surface area contributed by atoms with Gasteiger partial charge in [0.1, 0.15) is 11.9 Å². The number of carbonyl (C=O) groups excluding carboxylic acids is 4. The molecule has 162 valence electrons. The van der Waals surface area contributed by atoms with E-state index in [0.717, 1.165) is 24.1 Å². The number of hydrogen-bond acceptors (Lipinski definition) is 5. The molecule has 30 heavy (non-hydrogen) atoms. The Balaban J connectivity index is 1.60. The molecule has 0 aromatic heterocycles. The molecule has 0 bridgehead atoms. The van der Waals surface area contributed by atoms with Crippen molar-refractivity contribution in [1.82, 2.24) is 10.2 Å². The Labute approximate surface area is 176 Å². The van der Waals surface area contributed by atoms with E-state index in [1.54, 1.807) is 11.8 Å². The van der Waals surface area contributed by atoms with Crippen LogP contribution in [0.5, 0.6) is 0 Å². The number of anilines is 1. The highest BCUT2D eigenvalue weighted by Crippen LogP contribution is 2.26. The predicted molar refractivity (Wildman–Crippen MR) is 111 cm³/mol. The first-order chi connectivity index (χ1) is 14.3. The van der Waals surface area contributed by atoms with Crippen LogP contribution in [0.4, 0.5) is 10.5 Å². The maximum atomic E-state index is 12.5. The van der Waals surface area contributed by atoms with Gasteiger partial charge < -0.3 is 19.7 Å². The summed E-state index contributed by atoms with van der Waals surface area (Å²) in [5.41, 5.74) is 3.08. The van der Waals surface area contributed by atoms with Crippen molar-refractivity contribution in [3.05, 3.63) is 29.3 Å². The molecule has 8 heteroatoms. The van der Waals surface area contributed by atoms with Gasteiger partial charge in [0, 0.05) is 38.5 Å². The number of nitrogens with one attached hydrogen (secondary N) is 1. The number of cyclic esters (lactones) is 1. The van der Waals surface area contributed by atoms with Crippen LogP contribution in [0.25, 0.3) is 0 Å². The van der Waals surface area contributed by atoms with Gasteiger partial charge in [-0.25, -0.2) is 4.79 Å². The quantitative estimate of drug-likeness (QED) is 0.733. The van der Waals surface area contributed by atoms with Gasteiger partial charge in [-0.2, -0.15) is 0 Å². The van der Waals surface area contributed by atoms with E-state index in [-0.39, 0.29) is 23.7 Å². The highest BCUT2D eigenvalue weighted by atomic mass is 16.6. The van der Waals surface area contributed by atoms with Crippen LogP contribution < -0.4 is 10.2 Å². The zero-order valence-corrected chi connectivity index (χ0v) is 17.6. The van der Waals surface area contributed by atoms with Crippen LogP contribution in [0, 0.1) is 0 Å². The van der Waals surface area contributed by atoms with Crippen molar-refractivity contribution in [2.45, 2.75) is 52.1 Å². The van der Waals surface area contributed by atoms with E-state index in [0.29, 0.717) is 45.4 Å². The van der Waals surface area contributed by atoms with E-state index >= 15 is 0 Å². The molecule has 1 fully saturated rings. The average molecular weight is 415 g/mol. The second-order valence-corrected chi connectivity index (χ2v) is 7.94. The lowest BCUT2D eigenvalue weighted by molar-refractivity contribution is -0.131. The lowest BCUT2D eigenvalue weighted by atomic mass is 10.0. The van der Waals surface area contributed by atoms with Gasteiger partial charge in [-0.3, -0.25) is 14.5 Å². The fourth-order valence-corrected chi connectivity index (χ4v) is 3.87. The van der Waals surface area contributed by atoms with E-state index in [2.05, 4.69) is 5.32 Å². The monoisotopic (exact) mass is 415 g/mol. The molecule has 0 unspecified atom stereocenters. The molecule has 1 saturated heterocycles. The molecule has 2 heterocycles. The Morgan fingerprint density at radius 2 is 1.83 bits per heavy atom. The molecule has 0 saturated carbocycles. The van der Waals surface area contributed by atoms with E-state index in [1.165, 1.54) is 12.5 Å². The van der Waals surface area contributed by atoms with Gasteiger partial charge in [0.25, 0.3) is 0 Å². The molecule has 0 aliphatic carbocycles. The largest absolute Gasteiger partial charge is 0.442 e. The molecule has 1 aromatic carbocycles. The lowest BCUT2D eigenvalue weighted by Crippen LogP contribution is -2.33. The van der Waals surface area contributed by atoms with Crippen molar-refractivity contribution < 1.29 is 23.9 Å². The minimum Gasteiger partial charge on any atom is -0.442 e. The normalized spacial score (nSPS) is 18.5. The molecule has 1 aromatic rings. The molecule has 0 radical (unpaired) electrons. The summed E-state index contributed by atoms with van der Waals surface area (Å²) in [5, 5.41) is 2.68. The number of Topliss-reactive ketones (excluding diaryl/α,β-unsaturated/α-hetero) is 1. The molecular weight excluding hydrogens is 386 g/mol. The maximum Gasteiger partial charge on any atom is 0.414 e. The van der Waals surface area contributed by atoms with Crippen molar-refractivity contribution in [3.63, 3.8) is 0 Å². The summed E-state index contributed by atoms with van der Waals surface area (Å²) in [5.74, 6) is 0.0430. The Morgan fingerprint density at radius 1 is 1.10 bits per heavy atom. The minimum atomic E-state index is -0.416. The molecule has 1 atom stereocenters.